The molecule has 1 aromatic carbocycles. The molecular formula is C19H31N3O3. The highest BCUT2D eigenvalue weighted by atomic mass is 16.5. The van der Waals surface area contributed by atoms with Crippen molar-refractivity contribution in [3.8, 4) is 11.5 Å². The van der Waals surface area contributed by atoms with Crippen molar-refractivity contribution < 1.29 is 14.2 Å². The molecular weight excluding hydrogens is 318 g/mol. The summed E-state index contributed by atoms with van der Waals surface area (Å²) in [5, 5.41) is 6.62. The summed E-state index contributed by atoms with van der Waals surface area (Å²) in [4.78, 5) is 4.25. The Labute approximate surface area is 151 Å². The van der Waals surface area contributed by atoms with Crippen LogP contribution in [0.15, 0.2) is 23.2 Å². The molecule has 1 fully saturated rings. The van der Waals surface area contributed by atoms with Crippen LogP contribution in [0.1, 0.15) is 31.7 Å². The van der Waals surface area contributed by atoms with E-state index < -0.39 is 0 Å². The minimum atomic E-state index is 0.620. The fraction of sp³-hybridized carbons (Fsp3) is 0.632. The number of nitrogens with one attached hydrogen (secondary N) is 2. The van der Waals surface area contributed by atoms with Crippen LogP contribution < -0.4 is 20.1 Å². The van der Waals surface area contributed by atoms with Gasteiger partial charge in [0.1, 0.15) is 0 Å². The molecule has 140 valence electrons. The van der Waals surface area contributed by atoms with Crippen LogP contribution in [0.2, 0.25) is 0 Å². The Hall–Kier alpha value is -1.95. The molecule has 0 aliphatic heterocycles. The third kappa shape index (κ3) is 7.22. The van der Waals surface area contributed by atoms with E-state index in [0.717, 1.165) is 55.1 Å². The van der Waals surface area contributed by atoms with Gasteiger partial charge in [-0.1, -0.05) is 6.07 Å². The normalized spacial score (nSPS) is 14.3. The monoisotopic (exact) mass is 349 g/mol. The Kier molecular flexibility index (Phi) is 8.39. The van der Waals surface area contributed by atoms with E-state index in [9.17, 15) is 0 Å². The molecule has 0 atom stereocenters. The van der Waals surface area contributed by atoms with Gasteiger partial charge in [0.15, 0.2) is 17.5 Å². The van der Waals surface area contributed by atoms with Crippen LogP contribution >= 0.6 is 0 Å². The maximum atomic E-state index is 5.63. The molecule has 1 aliphatic rings. The Balaban J connectivity index is 1.68. The van der Waals surface area contributed by atoms with Gasteiger partial charge < -0.3 is 24.8 Å². The van der Waals surface area contributed by atoms with Crippen molar-refractivity contribution in [3.63, 3.8) is 0 Å². The molecule has 0 heterocycles. The summed E-state index contributed by atoms with van der Waals surface area (Å²) in [7, 11) is 3.43. The van der Waals surface area contributed by atoms with Crippen molar-refractivity contribution in [1.29, 1.82) is 0 Å². The highest BCUT2D eigenvalue weighted by Gasteiger charge is 2.20. The minimum Gasteiger partial charge on any atom is -0.493 e. The standard InChI is InChI=1S/C19H31N3O3/c1-4-25-17-9-8-16(12-18(17)23-3)13-22-19(20-2)21-10-5-11-24-14-15-6-7-15/h8-9,12,15H,4-7,10-11,13-14H2,1-3H3,(H2,20,21,22). The van der Waals surface area contributed by atoms with E-state index in [4.69, 9.17) is 14.2 Å². The molecule has 0 radical (unpaired) electrons. The predicted octanol–water partition coefficient (Wildman–Crippen LogP) is 2.58. The van der Waals surface area contributed by atoms with Gasteiger partial charge in [0.2, 0.25) is 0 Å². The van der Waals surface area contributed by atoms with Gasteiger partial charge in [0, 0.05) is 33.4 Å². The SMILES string of the molecule is CCOc1ccc(CNC(=NC)NCCCOCC2CC2)cc1OC. The number of benzene rings is 1. The first-order chi connectivity index (χ1) is 12.3. The number of hydrogen-bond acceptors (Lipinski definition) is 4. The summed E-state index contributed by atoms with van der Waals surface area (Å²) in [5.74, 6) is 3.13. The van der Waals surface area contributed by atoms with Crippen molar-refractivity contribution in [2.45, 2.75) is 32.7 Å². The fourth-order valence-electron chi connectivity index (χ4n) is 2.42. The third-order valence-corrected chi connectivity index (χ3v) is 4.02. The molecule has 6 heteroatoms. The third-order valence-electron chi connectivity index (χ3n) is 4.02. The zero-order chi connectivity index (χ0) is 17.9. The van der Waals surface area contributed by atoms with Crippen LogP contribution in [0.4, 0.5) is 0 Å². The van der Waals surface area contributed by atoms with Crippen LogP contribution in [-0.2, 0) is 11.3 Å². The Morgan fingerprint density at radius 2 is 2.08 bits per heavy atom. The van der Waals surface area contributed by atoms with Crippen molar-refractivity contribution in [2.24, 2.45) is 10.9 Å². The van der Waals surface area contributed by atoms with E-state index in [-0.39, 0.29) is 0 Å². The molecule has 2 rings (SSSR count). The van der Waals surface area contributed by atoms with E-state index in [1.54, 1.807) is 14.2 Å². The van der Waals surface area contributed by atoms with Crippen molar-refractivity contribution in [1.82, 2.24) is 10.6 Å². The quantitative estimate of drug-likeness (QED) is 0.365. The molecule has 1 aliphatic carbocycles. The van der Waals surface area contributed by atoms with Crippen LogP contribution in [0.5, 0.6) is 11.5 Å². The first-order valence-corrected chi connectivity index (χ1v) is 9.08. The average Bonchev–Trinajstić information content (AvgIpc) is 3.46. The smallest absolute Gasteiger partial charge is 0.191 e. The number of guanidine groups is 1. The summed E-state index contributed by atoms with van der Waals surface area (Å²) in [6.45, 7) is 5.82. The molecule has 1 aromatic rings. The number of ether oxygens (including phenoxy) is 3. The largest absolute Gasteiger partial charge is 0.493 e. The van der Waals surface area contributed by atoms with Crippen LogP contribution in [-0.4, -0.2) is 46.5 Å². The molecule has 0 spiro atoms. The predicted molar refractivity (Wildman–Crippen MR) is 101 cm³/mol. The molecule has 0 bridgehead atoms. The number of rotatable bonds is 11. The topological polar surface area (TPSA) is 64.1 Å². The number of aliphatic imine (C=N–C) groups is 1. The molecule has 2 N–H and O–H groups in total. The first kappa shape index (κ1) is 19.4. The van der Waals surface area contributed by atoms with E-state index in [2.05, 4.69) is 15.6 Å². The van der Waals surface area contributed by atoms with E-state index >= 15 is 0 Å². The molecule has 0 aromatic heterocycles. The fourth-order valence-corrected chi connectivity index (χ4v) is 2.42. The van der Waals surface area contributed by atoms with Crippen molar-refractivity contribution >= 4 is 5.96 Å². The lowest BCUT2D eigenvalue weighted by atomic mass is 10.2. The van der Waals surface area contributed by atoms with Crippen molar-refractivity contribution in [2.75, 3.05) is 40.5 Å². The van der Waals surface area contributed by atoms with Gasteiger partial charge in [-0.15, -0.1) is 0 Å². The zero-order valence-electron chi connectivity index (χ0n) is 15.6. The molecule has 0 saturated heterocycles. The van der Waals surface area contributed by atoms with Gasteiger partial charge in [-0.05, 0) is 49.8 Å². The van der Waals surface area contributed by atoms with Gasteiger partial charge in [-0.25, -0.2) is 0 Å². The summed E-state index contributed by atoms with van der Waals surface area (Å²) in [6, 6.07) is 5.95. The Morgan fingerprint density at radius 3 is 2.76 bits per heavy atom. The lowest BCUT2D eigenvalue weighted by Gasteiger charge is -2.14. The Morgan fingerprint density at radius 1 is 1.24 bits per heavy atom. The molecule has 0 amide bonds. The average molecular weight is 349 g/mol. The summed E-state index contributed by atoms with van der Waals surface area (Å²) < 4.78 is 16.6. The summed E-state index contributed by atoms with van der Waals surface area (Å²) in [6.07, 6.45) is 3.65. The number of methoxy groups -OCH3 is 1. The van der Waals surface area contributed by atoms with Gasteiger partial charge in [-0.2, -0.15) is 0 Å². The van der Waals surface area contributed by atoms with Gasteiger partial charge in [0.25, 0.3) is 0 Å². The zero-order valence-corrected chi connectivity index (χ0v) is 15.6. The van der Waals surface area contributed by atoms with Gasteiger partial charge in [0.05, 0.1) is 13.7 Å². The second-order valence-corrected chi connectivity index (χ2v) is 6.14. The maximum Gasteiger partial charge on any atom is 0.191 e. The lowest BCUT2D eigenvalue weighted by molar-refractivity contribution is 0.123. The maximum absolute atomic E-state index is 5.63. The van der Waals surface area contributed by atoms with Gasteiger partial charge >= 0.3 is 0 Å². The second kappa shape index (κ2) is 10.8. The highest BCUT2D eigenvalue weighted by Crippen LogP contribution is 2.29. The number of hydrogen-bond donors (Lipinski definition) is 2. The molecule has 0 unspecified atom stereocenters. The van der Waals surface area contributed by atoms with E-state index in [0.29, 0.717) is 13.2 Å². The highest BCUT2D eigenvalue weighted by molar-refractivity contribution is 5.79. The Bertz CT molecular complexity index is 545. The molecule has 6 nitrogen and oxygen atoms in total. The molecule has 25 heavy (non-hydrogen) atoms. The summed E-state index contributed by atoms with van der Waals surface area (Å²) >= 11 is 0. The first-order valence-electron chi connectivity index (χ1n) is 9.08. The van der Waals surface area contributed by atoms with Crippen molar-refractivity contribution in [3.05, 3.63) is 23.8 Å². The van der Waals surface area contributed by atoms with Crippen LogP contribution in [0, 0.1) is 5.92 Å². The summed E-state index contributed by atoms with van der Waals surface area (Å²) in [5.41, 5.74) is 1.11. The van der Waals surface area contributed by atoms with Crippen LogP contribution in [0.3, 0.4) is 0 Å². The molecule has 1 saturated carbocycles. The van der Waals surface area contributed by atoms with Crippen LogP contribution in [0.25, 0.3) is 0 Å². The lowest BCUT2D eigenvalue weighted by Crippen LogP contribution is -2.37. The number of nitrogens with zero attached hydrogens (tertiary/aromatic N) is 1. The van der Waals surface area contributed by atoms with E-state index in [1.165, 1.54) is 12.8 Å². The van der Waals surface area contributed by atoms with E-state index in [1.807, 2.05) is 25.1 Å². The second-order valence-electron chi connectivity index (χ2n) is 6.14. The minimum absolute atomic E-state index is 0.620. The van der Waals surface area contributed by atoms with Gasteiger partial charge in [-0.3, -0.25) is 4.99 Å².